The van der Waals surface area contributed by atoms with E-state index in [2.05, 4.69) is 11.0 Å². The summed E-state index contributed by atoms with van der Waals surface area (Å²) in [6.07, 6.45) is 1.77. The number of hydrogen-bond donors (Lipinski definition) is 1. The molecule has 0 atom stereocenters. The van der Waals surface area contributed by atoms with Gasteiger partial charge in [-0.2, -0.15) is 5.26 Å². The zero-order valence-electron chi connectivity index (χ0n) is 13.5. The van der Waals surface area contributed by atoms with E-state index in [4.69, 9.17) is 5.26 Å². The lowest BCUT2D eigenvalue weighted by atomic mass is 9.95. The largest absolute Gasteiger partial charge is 0.478 e. The second-order valence-corrected chi connectivity index (χ2v) is 6.22. The van der Waals surface area contributed by atoms with Gasteiger partial charge in [-0.15, -0.1) is 0 Å². The predicted molar refractivity (Wildman–Crippen MR) is 92.5 cm³/mol. The first-order chi connectivity index (χ1) is 11.7. The molecule has 2 aromatic carbocycles. The molecule has 0 unspecified atom stereocenters. The third kappa shape index (κ3) is 3.64. The maximum atomic E-state index is 11.3. The average molecular weight is 320 g/mol. The Labute approximate surface area is 142 Å². The highest BCUT2D eigenvalue weighted by Crippen LogP contribution is 2.27. The number of carboxylic acid groups (broad SMARTS) is 1. The van der Waals surface area contributed by atoms with E-state index in [1.165, 1.54) is 0 Å². The molecule has 24 heavy (non-hydrogen) atoms. The Hall–Kier alpha value is -2.64. The number of aromatic carboxylic acids is 1. The van der Waals surface area contributed by atoms with Crippen LogP contribution >= 0.6 is 0 Å². The second-order valence-electron chi connectivity index (χ2n) is 6.22. The van der Waals surface area contributed by atoms with Crippen LogP contribution in [0.25, 0.3) is 11.1 Å². The Morgan fingerprint density at radius 2 is 1.88 bits per heavy atom. The number of piperidine rings is 1. The summed E-state index contributed by atoms with van der Waals surface area (Å²) in [6.45, 7) is 2.47. The Morgan fingerprint density at radius 3 is 2.50 bits per heavy atom. The van der Waals surface area contributed by atoms with E-state index in [9.17, 15) is 9.90 Å². The number of nitriles is 1. The molecule has 4 heteroatoms. The summed E-state index contributed by atoms with van der Waals surface area (Å²) >= 11 is 0. The standard InChI is InChI=1S/C20H20N2O2/c21-13-15-8-10-22(11-9-15)14-18-12-17(20(23)24)6-7-19(18)16-4-2-1-3-5-16/h1-7,12,15H,8-11,14H2,(H,23,24). The van der Waals surface area contributed by atoms with Gasteiger partial charge in [0.05, 0.1) is 11.6 Å². The average Bonchev–Trinajstić information content (AvgIpc) is 2.63. The molecule has 0 saturated carbocycles. The lowest BCUT2D eigenvalue weighted by Gasteiger charge is -2.29. The monoisotopic (exact) mass is 320 g/mol. The molecule has 1 aliphatic heterocycles. The van der Waals surface area contributed by atoms with Gasteiger partial charge in [-0.25, -0.2) is 4.79 Å². The number of benzene rings is 2. The molecule has 0 aromatic heterocycles. The van der Waals surface area contributed by atoms with Crippen LogP contribution in [0.1, 0.15) is 28.8 Å². The normalized spacial score (nSPS) is 15.8. The van der Waals surface area contributed by atoms with Crippen LogP contribution in [0.3, 0.4) is 0 Å². The van der Waals surface area contributed by atoms with Crippen LogP contribution in [0.4, 0.5) is 0 Å². The molecule has 2 aromatic rings. The quantitative estimate of drug-likeness (QED) is 0.931. The summed E-state index contributed by atoms with van der Waals surface area (Å²) in [4.78, 5) is 13.6. The van der Waals surface area contributed by atoms with Crippen molar-refractivity contribution in [3.63, 3.8) is 0 Å². The molecule has 1 saturated heterocycles. The molecule has 1 heterocycles. The molecule has 122 valence electrons. The van der Waals surface area contributed by atoms with E-state index in [-0.39, 0.29) is 5.92 Å². The van der Waals surface area contributed by atoms with Crippen molar-refractivity contribution >= 4 is 5.97 Å². The van der Waals surface area contributed by atoms with Gasteiger partial charge in [0.25, 0.3) is 0 Å². The minimum Gasteiger partial charge on any atom is -0.478 e. The minimum atomic E-state index is -0.904. The van der Waals surface area contributed by atoms with E-state index in [0.717, 1.165) is 42.6 Å². The molecule has 0 bridgehead atoms. The maximum Gasteiger partial charge on any atom is 0.335 e. The van der Waals surface area contributed by atoms with Crippen LogP contribution in [0.5, 0.6) is 0 Å². The van der Waals surface area contributed by atoms with Gasteiger partial charge in [-0.1, -0.05) is 36.4 Å². The lowest BCUT2D eigenvalue weighted by molar-refractivity contribution is 0.0696. The van der Waals surface area contributed by atoms with Gasteiger partial charge in [-0.05, 0) is 54.8 Å². The lowest BCUT2D eigenvalue weighted by Crippen LogP contribution is -2.33. The Balaban J connectivity index is 1.88. The number of carboxylic acids is 1. The number of likely N-dealkylation sites (tertiary alicyclic amines) is 1. The number of hydrogen-bond acceptors (Lipinski definition) is 3. The molecule has 0 aliphatic carbocycles. The zero-order valence-corrected chi connectivity index (χ0v) is 13.5. The number of rotatable bonds is 4. The maximum absolute atomic E-state index is 11.3. The summed E-state index contributed by atoms with van der Waals surface area (Å²) in [6, 6.07) is 17.7. The highest BCUT2D eigenvalue weighted by molar-refractivity contribution is 5.89. The number of carbonyl (C=O) groups is 1. The van der Waals surface area contributed by atoms with Crippen molar-refractivity contribution in [2.24, 2.45) is 5.92 Å². The summed E-state index contributed by atoms with van der Waals surface area (Å²) in [5.41, 5.74) is 3.51. The van der Waals surface area contributed by atoms with Crippen LogP contribution in [0.15, 0.2) is 48.5 Å². The van der Waals surface area contributed by atoms with Crippen LogP contribution in [-0.4, -0.2) is 29.1 Å². The predicted octanol–water partition coefficient (Wildman–Crippen LogP) is 3.79. The molecule has 1 N–H and O–H groups in total. The molecular formula is C20H20N2O2. The molecule has 3 rings (SSSR count). The van der Waals surface area contributed by atoms with Gasteiger partial charge in [0.1, 0.15) is 0 Å². The Bertz CT molecular complexity index is 757. The first-order valence-corrected chi connectivity index (χ1v) is 8.21. The van der Waals surface area contributed by atoms with Crippen molar-refractivity contribution in [1.29, 1.82) is 5.26 Å². The van der Waals surface area contributed by atoms with Crippen molar-refractivity contribution in [2.75, 3.05) is 13.1 Å². The molecule has 0 spiro atoms. The minimum absolute atomic E-state index is 0.153. The summed E-state index contributed by atoms with van der Waals surface area (Å²) < 4.78 is 0. The topological polar surface area (TPSA) is 64.3 Å². The zero-order chi connectivity index (χ0) is 16.9. The third-order valence-corrected chi connectivity index (χ3v) is 4.60. The third-order valence-electron chi connectivity index (χ3n) is 4.60. The van der Waals surface area contributed by atoms with E-state index in [1.807, 2.05) is 36.4 Å². The van der Waals surface area contributed by atoms with Crippen molar-refractivity contribution in [3.05, 3.63) is 59.7 Å². The summed E-state index contributed by atoms with van der Waals surface area (Å²) in [5.74, 6) is -0.751. The van der Waals surface area contributed by atoms with Crippen molar-refractivity contribution in [3.8, 4) is 17.2 Å². The van der Waals surface area contributed by atoms with Crippen LogP contribution in [0, 0.1) is 17.2 Å². The van der Waals surface area contributed by atoms with Crippen LogP contribution in [-0.2, 0) is 6.54 Å². The SMILES string of the molecule is N#CC1CCN(Cc2cc(C(=O)O)ccc2-c2ccccc2)CC1. The molecule has 4 nitrogen and oxygen atoms in total. The van der Waals surface area contributed by atoms with Gasteiger partial charge in [0, 0.05) is 12.5 Å². The summed E-state index contributed by atoms with van der Waals surface area (Å²) in [7, 11) is 0. The first kappa shape index (κ1) is 16.2. The summed E-state index contributed by atoms with van der Waals surface area (Å²) in [5, 5.41) is 18.3. The van der Waals surface area contributed by atoms with E-state index < -0.39 is 5.97 Å². The van der Waals surface area contributed by atoms with E-state index in [0.29, 0.717) is 12.1 Å². The molecular weight excluding hydrogens is 300 g/mol. The molecule has 1 fully saturated rings. The van der Waals surface area contributed by atoms with Gasteiger partial charge in [0.2, 0.25) is 0 Å². The van der Waals surface area contributed by atoms with Gasteiger partial charge in [-0.3, -0.25) is 4.90 Å². The fourth-order valence-corrected chi connectivity index (χ4v) is 3.22. The highest BCUT2D eigenvalue weighted by atomic mass is 16.4. The fourth-order valence-electron chi connectivity index (χ4n) is 3.22. The van der Waals surface area contributed by atoms with Crippen molar-refractivity contribution < 1.29 is 9.90 Å². The molecule has 1 aliphatic rings. The van der Waals surface area contributed by atoms with E-state index >= 15 is 0 Å². The Morgan fingerprint density at radius 1 is 1.17 bits per heavy atom. The van der Waals surface area contributed by atoms with E-state index in [1.54, 1.807) is 12.1 Å². The van der Waals surface area contributed by atoms with Crippen molar-refractivity contribution in [1.82, 2.24) is 4.90 Å². The van der Waals surface area contributed by atoms with Crippen LogP contribution < -0.4 is 0 Å². The second kappa shape index (κ2) is 7.29. The fraction of sp³-hybridized carbons (Fsp3) is 0.300. The van der Waals surface area contributed by atoms with Crippen molar-refractivity contribution in [2.45, 2.75) is 19.4 Å². The highest BCUT2D eigenvalue weighted by Gasteiger charge is 2.20. The Kier molecular flexibility index (Phi) is 4.93. The molecule has 0 radical (unpaired) electrons. The van der Waals surface area contributed by atoms with Gasteiger partial charge in [0.15, 0.2) is 0 Å². The first-order valence-electron chi connectivity index (χ1n) is 8.21. The van der Waals surface area contributed by atoms with Gasteiger partial charge >= 0.3 is 5.97 Å². The smallest absolute Gasteiger partial charge is 0.335 e. The van der Waals surface area contributed by atoms with Gasteiger partial charge < -0.3 is 5.11 Å². The van der Waals surface area contributed by atoms with Crippen LogP contribution in [0.2, 0.25) is 0 Å². The molecule has 0 amide bonds. The number of nitrogens with zero attached hydrogens (tertiary/aromatic N) is 2.